The Morgan fingerprint density at radius 3 is 2.38 bits per heavy atom. The highest BCUT2D eigenvalue weighted by molar-refractivity contribution is 6.32. The van der Waals surface area contributed by atoms with Gasteiger partial charge in [0.2, 0.25) is 0 Å². The zero-order chi connectivity index (χ0) is 28.6. The fourth-order valence-electron chi connectivity index (χ4n) is 3.89. The van der Waals surface area contributed by atoms with E-state index in [0.29, 0.717) is 10.6 Å². The molecule has 2 aromatic heterocycles. The second kappa shape index (κ2) is 11.0. The fourth-order valence-corrected chi connectivity index (χ4v) is 4.29. The summed E-state index contributed by atoms with van der Waals surface area (Å²) in [7, 11) is 1.30. The quantitative estimate of drug-likeness (QED) is 0.295. The summed E-state index contributed by atoms with van der Waals surface area (Å²) in [4.78, 5) is 17.5. The molecule has 0 fully saturated rings. The molecule has 2 N–H and O–H groups in total. The Bertz CT molecular complexity index is 1550. The molecule has 0 radical (unpaired) electrons. The molecule has 0 spiro atoms. The number of aliphatic hydroxyl groups is 2. The third-order valence-corrected chi connectivity index (χ3v) is 6.23. The number of halogens is 6. The van der Waals surface area contributed by atoms with Crippen LogP contribution in [0.4, 0.5) is 17.6 Å². The number of benzene rings is 2. The normalized spacial score (nSPS) is 13.5. The first-order valence-electron chi connectivity index (χ1n) is 11.3. The number of hydrogen-bond donors (Lipinski definition) is 2. The fraction of sp³-hybridized carbons (Fsp3) is 0.292. The van der Waals surface area contributed by atoms with Crippen LogP contribution in [0.2, 0.25) is 10.0 Å². The molecule has 0 aliphatic rings. The van der Waals surface area contributed by atoms with Gasteiger partial charge in [-0.1, -0.05) is 35.3 Å². The predicted octanol–water partition coefficient (Wildman–Crippen LogP) is 4.38. The number of methoxy groups -OCH3 is 1. The molecule has 0 saturated carbocycles. The molecule has 0 aliphatic carbocycles. The summed E-state index contributed by atoms with van der Waals surface area (Å²) in [6, 6.07) is 8.11. The third kappa shape index (κ3) is 5.96. The van der Waals surface area contributed by atoms with Crippen LogP contribution in [0.5, 0.6) is 5.75 Å². The van der Waals surface area contributed by atoms with Gasteiger partial charge in [0.1, 0.15) is 17.6 Å². The van der Waals surface area contributed by atoms with Crippen molar-refractivity contribution < 1.29 is 32.5 Å². The topological polar surface area (TPSA) is 107 Å². The van der Waals surface area contributed by atoms with Crippen molar-refractivity contribution in [3.05, 3.63) is 80.6 Å². The molecule has 15 heteroatoms. The summed E-state index contributed by atoms with van der Waals surface area (Å²) in [5, 5.41) is 24.5. The lowest BCUT2D eigenvalue weighted by atomic mass is 10.1. The number of aromatic nitrogens is 5. The third-order valence-electron chi connectivity index (χ3n) is 5.70. The van der Waals surface area contributed by atoms with Crippen molar-refractivity contribution in [1.82, 2.24) is 23.9 Å². The van der Waals surface area contributed by atoms with E-state index in [9.17, 15) is 32.6 Å². The van der Waals surface area contributed by atoms with Gasteiger partial charge in [0, 0.05) is 17.3 Å². The van der Waals surface area contributed by atoms with E-state index in [4.69, 9.17) is 27.9 Å². The lowest BCUT2D eigenvalue weighted by Crippen LogP contribution is -2.37. The predicted molar refractivity (Wildman–Crippen MR) is 134 cm³/mol. The minimum atomic E-state index is -4.96. The minimum absolute atomic E-state index is 0.0252. The standard InChI is InChI=1S/C24H21Cl2F4N5O4/c1-12(36)22-31-20(32-35(22)17-8-15(27)7-16(26)21(17)39-2)11-33-9-18(13-3-5-14(25)6-4-13)34(23(33)38)10-19(37)24(28,29)30/h3-9,12,19,36-37H,10-11H2,1-2H3/t12-,19?/m0/s1. The van der Waals surface area contributed by atoms with E-state index in [1.54, 1.807) is 0 Å². The molecule has 2 atom stereocenters. The Hall–Kier alpha value is -3.39. The molecule has 4 rings (SSSR count). The maximum Gasteiger partial charge on any atom is 0.416 e. The minimum Gasteiger partial charge on any atom is -0.493 e. The Kier molecular flexibility index (Phi) is 8.07. The van der Waals surface area contributed by atoms with E-state index in [2.05, 4.69) is 10.1 Å². The van der Waals surface area contributed by atoms with Crippen molar-refractivity contribution in [3.63, 3.8) is 0 Å². The first-order valence-corrected chi connectivity index (χ1v) is 12.0. The molecule has 0 amide bonds. The van der Waals surface area contributed by atoms with Crippen LogP contribution in [0.25, 0.3) is 16.9 Å². The SMILES string of the molecule is COc1c(Cl)cc(F)cc1-n1nc(Cn2cc(-c3ccc(Cl)cc3)n(CC(O)C(F)(F)F)c2=O)nc1[C@H](C)O. The Balaban J connectivity index is 1.81. The largest absolute Gasteiger partial charge is 0.493 e. The summed E-state index contributed by atoms with van der Waals surface area (Å²) in [6.07, 6.45) is -7.68. The maximum atomic E-state index is 14.2. The molecule has 1 unspecified atom stereocenters. The van der Waals surface area contributed by atoms with Crippen LogP contribution in [-0.4, -0.2) is 53.5 Å². The average Bonchev–Trinajstić information content (AvgIpc) is 3.41. The van der Waals surface area contributed by atoms with Gasteiger partial charge in [-0.05, 0) is 30.7 Å². The van der Waals surface area contributed by atoms with Gasteiger partial charge in [-0.15, -0.1) is 5.10 Å². The van der Waals surface area contributed by atoms with Crippen LogP contribution in [0.3, 0.4) is 0 Å². The number of aliphatic hydroxyl groups excluding tert-OH is 2. The Morgan fingerprint density at radius 2 is 1.79 bits per heavy atom. The highest BCUT2D eigenvalue weighted by Gasteiger charge is 2.39. The van der Waals surface area contributed by atoms with E-state index in [1.165, 1.54) is 44.5 Å². The summed E-state index contributed by atoms with van der Waals surface area (Å²) < 4.78 is 61.7. The summed E-state index contributed by atoms with van der Waals surface area (Å²) in [5.41, 5.74) is -0.414. The van der Waals surface area contributed by atoms with E-state index >= 15 is 0 Å². The molecule has 0 aliphatic heterocycles. The van der Waals surface area contributed by atoms with Gasteiger partial charge in [-0.2, -0.15) is 13.2 Å². The van der Waals surface area contributed by atoms with Crippen LogP contribution >= 0.6 is 23.2 Å². The van der Waals surface area contributed by atoms with E-state index in [1.807, 2.05) is 0 Å². The lowest BCUT2D eigenvalue weighted by Gasteiger charge is -2.16. The molecule has 2 aromatic carbocycles. The second-order valence-corrected chi connectivity index (χ2v) is 9.36. The van der Waals surface area contributed by atoms with Gasteiger partial charge >= 0.3 is 11.9 Å². The van der Waals surface area contributed by atoms with Crippen LogP contribution in [0.1, 0.15) is 24.7 Å². The van der Waals surface area contributed by atoms with Gasteiger partial charge in [-0.3, -0.25) is 9.13 Å². The molecule has 9 nitrogen and oxygen atoms in total. The van der Waals surface area contributed by atoms with Gasteiger partial charge in [0.15, 0.2) is 23.5 Å². The molecule has 4 aromatic rings. The Morgan fingerprint density at radius 1 is 1.13 bits per heavy atom. The molecule has 39 heavy (non-hydrogen) atoms. The van der Waals surface area contributed by atoms with Crippen LogP contribution in [0, 0.1) is 5.82 Å². The van der Waals surface area contributed by atoms with Crippen LogP contribution < -0.4 is 10.4 Å². The summed E-state index contributed by atoms with van der Waals surface area (Å²) >= 11 is 12.0. The lowest BCUT2D eigenvalue weighted by molar-refractivity contribution is -0.207. The number of alkyl halides is 3. The molecule has 208 valence electrons. The molecule has 0 saturated heterocycles. The first-order chi connectivity index (χ1) is 18.3. The number of ether oxygens (including phenoxy) is 1. The number of rotatable bonds is 8. The monoisotopic (exact) mass is 589 g/mol. The number of imidazole rings is 1. The van der Waals surface area contributed by atoms with Gasteiger partial charge < -0.3 is 14.9 Å². The van der Waals surface area contributed by atoms with Gasteiger partial charge in [0.25, 0.3) is 0 Å². The molecular weight excluding hydrogens is 569 g/mol. The van der Waals surface area contributed by atoms with Crippen molar-refractivity contribution in [1.29, 1.82) is 0 Å². The number of nitrogens with zero attached hydrogens (tertiary/aromatic N) is 5. The van der Waals surface area contributed by atoms with Gasteiger partial charge in [-0.25, -0.2) is 18.9 Å². The average molecular weight is 590 g/mol. The maximum absolute atomic E-state index is 14.2. The van der Waals surface area contributed by atoms with Crippen molar-refractivity contribution in [2.45, 2.75) is 38.4 Å². The zero-order valence-electron chi connectivity index (χ0n) is 20.3. The number of hydrogen-bond acceptors (Lipinski definition) is 6. The highest BCUT2D eigenvalue weighted by atomic mass is 35.5. The van der Waals surface area contributed by atoms with Gasteiger partial charge in [0.05, 0.1) is 30.9 Å². The van der Waals surface area contributed by atoms with Crippen molar-refractivity contribution >= 4 is 23.2 Å². The molecule has 2 heterocycles. The zero-order valence-corrected chi connectivity index (χ0v) is 21.8. The molecule has 0 bridgehead atoms. The molecular formula is C24H21Cl2F4N5O4. The highest BCUT2D eigenvalue weighted by Crippen LogP contribution is 2.34. The van der Waals surface area contributed by atoms with Crippen molar-refractivity contribution in [3.8, 4) is 22.7 Å². The van der Waals surface area contributed by atoms with Crippen LogP contribution in [-0.2, 0) is 13.1 Å². The van der Waals surface area contributed by atoms with E-state index in [0.717, 1.165) is 25.9 Å². The van der Waals surface area contributed by atoms with Crippen molar-refractivity contribution in [2.75, 3.05) is 7.11 Å². The van der Waals surface area contributed by atoms with E-state index in [-0.39, 0.29) is 40.3 Å². The smallest absolute Gasteiger partial charge is 0.416 e. The first kappa shape index (κ1) is 28.6. The van der Waals surface area contributed by atoms with Crippen molar-refractivity contribution in [2.24, 2.45) is 0 Å². The van der Waals surface area contributed by atoms with E-state index < -0.39 is 36.4 Å². The summed E-state index contributed by atoms with van der Waals surface area (Å²) in [6.45, 7) is -0.0167. The Labute approximate surface area is 228 Å². The second-order valence-electron chi connectivity index (χ2n) is 8.51. The van der Waals surface area contributed by atoms with Crippen LogP contribution in [0.15, 0.2) is 47.4 Å². The summed E-state index contributed by atoms with van der Waals surface area (Å²) in [5.74, 6) is -0.742.